The van der Waals surface area contributed by atoms with Crippen molar-refractivity contribution in [1.29, 1.82) is 0 Å². The molecule has 1 aromatic carbocycles. The van der Waals surface area contributed by atoms with Gasteiger partial charge in [0.15, 0.2) is 0 Å². The van der Waals surface area contributed by atoms with E-state index >= 15 is 0 Å². The van der Waals surface area contributed by atoms with E-state index in [9.17, 15) is 5.11 Å². The number of benzene rings is 1. The van der Waals surface area contributed by atoms with Crippen LogP contribution in [0.3, 0.4) is 0 Å². The van der Waals surface area contributed by atoms with Gasteiger partial charge >= 0.3 is 0 Å². The summed E-state index contributed by atoms with van der Waals surface area (Å²) in [7, 11) is 0. The van der Waals surface area contributed by atoms with Crippen molar-refractivity contribution >= 4 is 0 Å². The lowest BCUT2D eigenvalue weighted by Gasteiger charge is -2.16. The Bertz CT molecular complexity index is 332. The van der Waals surface area contributed by atoms with Gasteiger partial charge in [-0.3, -0.25) is 0 Å². The van der Waals surface area contributed by atoms with E-state index in [1.165, 1.54) is 12.8 Å². The van der Waals surface area contributed by atoms with Crippen LogP contribution >= 0.6 is 0 Å². The summed E-state index contributed by atoms with van der Waals surface area (Å²) in [5, 5.41) is 10.2. The largest absolute Gasteiger partial charge is 0.494 e. The van der Waals surface area contributed by atoms with E-state index in [1.54, 1.807) is 0 Å². The molecule has 108 valence electrons. The van der Waals surface area contributed by atoms with Crippen molar-refractivity contribution in [2.75, 3.05) is 6.61 Å². The molecule has 0 heterocycles. The average Bonchev–Trinajstić information content (AvgIpc) is 2.40. The van der Waals surface area contributed by atoms with Crippen LogP contribution in [0.4, 0.5) is 0 Å². The van der Waals surface area contributed by atoms with Gasteiger partial charge in [-0.2, -0.15) is 0 Å². The smallest absolute Gasteiger partial charge is 0.119 e. The molecular formula is C17H28O2. The SMILES string of the molecule is CCCCOc1ccc(C(O)CC(C)CCC)cc1. The van der Waals surface area contributed by atoms with E-state index in [2.05, 4.69) is 20.8 Å². The summed E-state index contributed by atoms with van der Waals surface area (Å²) >= 11 is 0. The maximum Gasteiger partial charge on any atom is 0.119 e. The predicted molar refractivity (Wildman–Crippen MR) is 80.5 cm³/mol. The summed E-state index contributed by atoms with van der Waals surface area (Å²) in [6.07, 6.45) is 5.06. The fourth-order valence-electron chi connectivity index (χ4n) is 2.25. The number of hydrogen-bond acceptors (Lipinski definition) is 2. The second kappa shape index (κ2) is 8.98. The minimum absolute atomic E-state index is 0.355. The van der Waals surface area contributed by atoms with E-state index in [4.69, 9.17) is 4.74 Å². The summed E-state index contributed by atoms with van der Waals surface area (Å²) in [6, 6.07) is 7.87. The fraction of sp³-hybridized carbons (Fsp3) is 0.647. The molecule has 0 radical (unpaired) electrons. The maximum absolute atomic E-state index is 10.2. The zero-order valence-corrected chi connectivity index (χ0v) is 12.6. The topological polar surface area (TPSA) is 29.5 Å². The van der Waals surface area contributed by atoms with Gasteiger partial charge in [-0.1, -0.05) is 52.2 Å². The first-order valence-electron chi connectivity index (χ1n) is 7.58. The lowest BCUT2D eigenvalue weighted by Crippen LogP contribution is -2.04. The van der Waals surface area contributed by atoms with Crippen molar-refractivity contribution in [3.8, 4) is 5.75 Å². The highest BCUT2D eigenvalue weighted by atomic mass is 16.5. The van der Waals surface area contributed by atoms with Crippen molar-refractivity contribution in [2.24, 2.45) is 5.92 Å². The molecule has 0 aromatic heterocycles. The molecule has 2 atom stereocenters. The molecule has 0 amide bonds. The fourth-order valence-corrected chi connectivity index (χ4v) is 2.25. The third-order valence-electron chi connectivity index (χ3n) is 3.44. The molecule has 0 saturated heterocycles. The van der Waals surface area contributed by atoms with Gasteiger partial charge in [0.25, 0.3) is 0 Å². The second-order valence-corrected chi connectivity index (χ2v) is 5.42. The first-order valence-corrected chi connectivity index (χ1v) is 7.58. The Labute approximate surface area is 117 Å². The van der Waals surface area contributed by atoms with Gasteiger partial charge in [0.1, 0.15) is 5.75 Å². The van der Waals surface area contributed by atoms with Gasteiger partial charge in [-0.15, -0.1) is 0 Å². The van der Waals surface area contributed by atoms with Crippen LogP contribution in [0.1, 0.15) is 64.5 Å². The first kappa shape index (κ1) is 16.0. The van der Waals surface area contributed by atoms with E-state index in [0.717, 1.165) is 37.2 Å². The van der Waals surface area contributed by atoms with Crippen molar-refractivity contribution in [1.82, 2.24) is 0 Å². The van der Waals surface area contributed by atoms with Crippen molar-refractivity contribution in [3.63, 3.8) is 0 Å². The van der Waals surface area contributed by atoms with Crippen LogP contribution < -0.4 is 4.74 Å². The highest BCUT2D eigenvalue weighted by Crippen LogP contribution is 2.25. The van der Waals surface area contributed by atoms with E-state index in [-0.39, 0.29) is 6.10 Å². The van der Waals surface area contributed by atoms with Gasteiger partial charge in [-0.25, -0.2) is 0 Å². The highest BCUT2D eigenvalue weighted by Gasteiger charge is 2.11. The van der Waals surface area contributed by atoms with Crippen molar-refractivity contribution < 1.29 is 9.84 Å². The molecule has 1 aromatic rings. The van der Waals surface area contributed by atoms with Gasteiger partial charge < -0.3 is 9.84 Å². The lowest BCUT2D eigenvalue weighted by molar-refractivity contribution is 0.145. The van der Waals surface area contributed by atoms with Crippen LogP contribution in [0.25, 0.3) is 0 Å². The zero-order valence-electron chi connectivity index (χ0n) is 12.6. The Morgan fingerprint density at radius 3 is 2.37 bits per heavy atom. The Morgan fingerprint density at radius 1 is 1.11 bits per heavy atom. The number of ether oxygens (including phenoxy) is 1. The molecule has 0 fully saturated rings. The van der Waals surface area contributed by atoms with Gasteiger partial charge in [0.2, 0.25) is 0 Å². The Morgan fingerprint density at radius 2 is 1.79 bits per heavy atom. The number of unbranched alkanes of at least 4 members (excludes halogenated alkanes) is 1. The quantitative estimate of drug-likeness (QED) is 0.654. The molecule has 2 unspecified atom stereocenters. The molecule has 0 spiro atoms. The standard InChI is InChI=1S/C17H28O2/c1-4-6-12-19-16-10-8-15(9-11-16)17(18)13-14(3)7-5-2/h8-11,14,17-18H,4-7,12-13H2,1-3H3. The summed E-state index contributed by atoms with van der Waals surface area (Å²) < 4.78 is 5.62. The minimum atomic E-state index is -0.355. The summed E-state index contributed by atoms with van der Waals surface area (Å²) in [6.45, 7) is 7.31. The summed E-state index contributed by atoms with van der Waals surface area (Å²) in [5.74, 6) is 1.46. The van der Waals surface area contributed by atoms with E-state index in [1.807, 2.05) is 24.3 Å². The predicted octanol–water partition coefficient (Wildman–Crippen LogP) is 4.73. The van der Waals surface area contributed by atoms with Crippen LogP contribution in [0.15, 0.2) is 24.3 Å². The summed E-state index contributed by atoms with van der Waals surface area (Å²) in [4.78, 5) is 0. The molecule has 0 aliphatic rings. The monoisotopic (exact) mass is 264 g/mol. The Hall–Kier alpha value is -1.02. The van der Waals surface area contributed by atoms with Crippen LogP contribution in [-0.4, -0.2) is 11.7 Å². The average molecular weight is 264 g/mol. The van der Waals surface area contributed by atoms with E-state index in [0.29, 0.717) is 5.92 Å². The third-order valence-corrected chi connectivity index (χ3v) is 3.44. The normalized spacial score (nSPS) is 14.1. The molecule has 0 bridgehead atoms. The van der Waals surface area contributed by atoms with E-state index < -0.39 is 0 Å². The van der Waals surface area contributed by atoms with Crippen molar-refractivity contribution in [3.05, 3.63) is 29.8 Å². The number of hydrogen-bond donors (Lipinski definition) is 1. The van der Waals surface area contributed by atoms with Crippen LogP contribution in [0.2, 0.25) is 0 Å². The molecule has 0 saturated carbocycles. The second-order valence-electron chi connectivity index (χ2n) is 5.42. The molecule has 19 heavy (non-hydrogen) atoms. The van der Waals surface area contributed by atoms with Gasteiger partial charge in [-0.05, 0) is 36.5 Å². The number of rotatable bonds is 9. The van der Waals surface area contributed by atoms with Crippen LogP contribution in [-0.2, 0) is 0 Å². The zero-order chi connectivity index (χ0) is 14.1. The molecule has 2 nitrogen and oxygen atoms in total. The molecule has 1 rings (SSSR count). The summed E-state index contributed by atoms with van der Waals surface area (Å²) in [5.41, 5.74) is 0.991. The Balaban J connectivity index is 2.45. The molecular weight excluding hydrogens is 236 g/mol. The molecule has 1 N–H and O–H groups in total. The molecule has 0 aliphatic heterocycles. The van der Waals surface area contributed by atoms with Crippen LogP contribution in [0.5, 0.6) is 5.75 Å². The van der Waals surface area contributed by atoms with Crippen LogP contribution in [0, 0.1) is 5.92 Å². The minimum Gasteiger partial charge on any atom is -0.494 e. The Kier molecular flexibility index (Phi) is 7.57. The molecule has 0 aliphatic carbocycles. The lowest BCUT2D eigenvalue weighted by atomic mass is 9.95. The number of aliphatic hydroxyl groups excluding tert-OH is 1. The van der Waals surface area contributed by atoms with Gasteiger partial charge in [0.05, 0.1) is 12.7 Å². The third kappa shape index (κ3) is 6.11. The molecule has 2 heteroatoms. The van der Waals surface area contributed by atoms with Crippen molar-refractivity contribution in [2.45, 2.75) is 59.0 Å². The number of aliphatic hydroxyl groups is 1. The maximum atomic E-state index is 10.2. The van der Waals surface area contributed by atoms with Gasteiger partial charge in [0, 0.05) is 0 Å². The highest BCUT2D eigenvalue weighted by molar-refractivity contribution is 5.28. The first-order chi connectivity index (χ1) is 9.17.